The number of hydrogen-bond donors (Lipinski definition) is 1. The van der Waals surface area contributed by atoms with E-state index >= 15 is 0 Å². The standard InChI is InChI=1S/C21H27F3N2OS/c1-15-6-7-16(13-25-15)19(2,3)26-11-10-20(14-26,18(27)21(22,23)24)9-8-17-5-4-12-28-17/h4-7,12-13,18,27H,8-11,14H2,1-3H3/t18-,20?/m1/s1. The molecule has 154 valence electrons. The maximum absolute atomic E-state index is 13.5. The zero-order valence-corrected chi connectivity index (χ0v) is 17.3. The van der Waals surface area contributed by atoms with Crippen LogP contribution in [0.3, 0.4) is 0 Å². The van der Waals surface area contributed by atoms with E-state index in [1.54, 1.807) is 17.5 Å². The Balaban J connectivity index is 1.84. The number of thiophene rings is 1. The minimum atomic E-state index is -4.62. The molecule has 1 aliphatic rings. The summed E-state index contributed by atoms with van der Waals surface area (Å²) in [5, 5.41) is 12.2. The first-order valence-corrected chi connectivity index (χ1v) is 10.4. The third-order valence-electron chi connectivity index (χ3n) is 6.13. The van der Waals surface area contributed by atoms with Crippen molar-refractivity contribution in [1.29, 1.82) is 0 Å². The lowest BCUT2D eigenvalue weighted by Crippen LogP contribution is -2.49. The van der Waals surface area contributed by atoms with E-state index in [1.807, 2.05) is 50.4 Å². The Labute approximate surface area is 168 Å². The van der Waals surface area contributed by atoms with Gasteiger partial charge in [-0.1, -0.05) is 12.1 Å². The monoisotopic (exact) mass is 412 g/mol. The largest absolute Gasteiger partial charge is 0.414 e. The van der Waals surface area contributed by atoms with Gasteiger partial charge in [0.05, 0.1) is 0 Å². The van der Waals surface area contributed by atoms with Crippen LogP contribution in [0.5, 0.6) is 0 Å². The summed E-state index contributed by atoms with van der Waals surface area (Å²) < 4.78 is 40.6. The minimum Gasteiger partial charge on any atom is -0.383 e. The van der Waals surface area contributed by atoms with Crippen molar-refractivity contribution in [3.05, 3.63) is 52.0 Å². The molecule has 1 saturated heterocycles. The van der Waals surface area contributed by atoms with Crippen molar-refractivity contribution in [1.82, 2.24) is 9.88 Å². The van der Waals surface area contributed by atoms with Gasteiger partial charge >= 0.3 is 6.18 Å². The molecule has 2 aromatic heterocycles. The maximum atomic E-state index is 13.5. The molecule has 1 unspecified atom stereocenters. The zero-order chi connectivity index (χ0) is 20.6. The Hall–Kier alpha value is -1.44. The van der Waals surface area contributed by atoms with Gasteiger partial charge in [-0.25, -0.2) is 0 Å². The fourth-order valence-electron chi connectivity index (χ4n) is 4.12. The van der Waals surface area contributed by atoms with Gasteiger partial charge in [-0.15, -0.1) is 11.3 Å². The van der Waals surface area contributed by atoms with E-state index < -0.39 is 23.2 Å². The van der Waals surface area contributed by atoms with E-state index in [4.69, 9.17) is 0 Å². The lowest BCUT2D eigenvalue weighted by molar-refractivity contribution is -0.239. The summed E-state index contributed by atoms with van der Waals surface area (Å²) >= 11 is 1.54. The van der Waals surface area contributed by atoms with Gasteiger partial charge in [-0.2, -0.15) is 13.2 Å². The van der Waals surface area contributed by atoms with Gasteiger partial charge in [0.1, 0.15) is 0 Å². The Morgan fingerprint density at radius 2 is 2.04 bits per heavy atom. The highest BCUT2D eigenvalue weighted by Gasteiger charge is 2.56. The summed E-state index contributed by atoms with van der Waals surface area (Å²) in [5.74, 6) is 0. The second-order valence-corrected chi connectivity index (χ2v) is 9.34. The molecule has 0 radical (unpaired) electrons. The lowest BCUT2D eigenvalue weighted by atomic mass is 9.76. The molecule has 3 nitrogen and oxygen atoms in total. The van der Waals surface area contributed by atoms with Gasteiger partial charge in [0.25, 0.3) is 0 Å². The molecular formula is C21H27F3N2OS. The molecule has 28 heavy (non-hydrogen) atoms. The van der Waals surface area contributed by atoms with Crippen LogP contribution in [0.4, 0.5) is 13.2 Å². The molecule has 1 fully saturated rings. The molecule has 7 heteroatoms. The highest BCUT2D eigenvalue weighted by atomic mass is 32.1. The van der Waals surface area contributed by atoms with E-state index in [0.717, 1.165) is 16.1 Å². The van der Waals surface area contributed by atoms with Crippen molar-refractivity contribution >= 4 is 11.3 Å². The molecule has 1 N–H and O–H groups in total. The van der Waals surface area contributed by atoms with Crippen LogP contribution in [0.2, 0.25) is 0 Å². The summed E-state index contributed by atoms with van der Waals surface area (Å²) in [7, 11) is 0. The van der Waals surface area contributed by atoms with Crippen LogP contribution in [0.1, 0.15) is 42.8 Å². The Kier molecular flexibility index (Phi) is 5.90. The van der Waals surface area contributed by atoms with E-state index in [9.17, 15) is 18.3 Å². The van der Waals surface area contributed by atoms with Gasteiger partial charge in [0.2, 0.25) is 0 Å². The van der Waals surface area contributed by atoms with Gasteiger partial charge in [0, 0.05) is 34.3 Å². The number of aliphatic hydroxyl groups is 1. The number of hydrogen-bond acceptors (Lipinski definition) is 4. The van der Waals surface area contributed by atoms with Gasteiger partial charge in [-0.05, 0) is 69.7 Å². The maximum Gasteiger partial charge on any atom is 0.414 e. The van der Waals surface area contributed by atoms with Crippen molar-refractivity contribution in [3.63, 3.8) is 0 Å². The second kappa shape index (κ2) is 7.76. The van der Waals surface area contributed by atoms with Crippen LogP contribution in [-0.4, -0.2) is 40.4 Å². The fourth-order valence-corrected chi connectivity index (χ4v) is 4.83. The van der Waals surface area contributed by atoms with E-state index in [-0.39, 0.29) is 6.54 Å². The van der Waals surface area contributed by atoms with Crippen molar-refractivity contribution in [3.8, 4) is 0 Å². The van der Waals surface area contributed by atoms with Crippen molar-refractivity contribution in [2.24, 2.45) is 5.41 Å². The smallest absolute Gasteiger partial charge is 0.383 e. The summed E-state index contributed by atoms with van der Waals surface area (Å²) in [4.78, 5) is 7.45. The Morgan fingerprint density at radius 3 is 2.61 bits per heavy atom. The number of pyridine rings is 1. The van der Waals surface area contributed by atoms with Crippen molar-refractivity contribution in [2.45, 2.75) is 57.9 Å². The van der Waals surface area contributed by atoms with E-state index in [2.05, 4.69) is 9.88 Å². The Morgan fingerprint density at radius 1 is 1.29 bits per heavy atom. The molecule has 0 amide bonds. The summed E-state index contributed by atoms with van der Waals surface area (Å²) in [6.45, 7) is 6.64. The number of halogens is 3. The van der Waals surface area contributed by atoms with Crippen LogP contribution in [0.25, 0.3) is 0 Å². The van der Waals surface area contributed by atoms with E-state index in [0.29, 0.717) is 25.8 Å². The normalized spacial score (nSPS) is 22.5. The molecule has 2 atom stereocenters. The van der Waals surface area contributed by atoms with Crippen LogP contribution in [0, 0.1) is 12.3 Å². The van der Waals surface area contributed by atoms with Gasteiger partial charge < -0.3 is 5.11 Å². The molecule has 0 spiro atoms. The van der Waals surface area contributed by atoms with Crippen LogP contribution in [-0.2, 0) is 12.0 Å². The number of rotatable bonds is 6. The predicted molar refractivity (Wildman–Crippen MR) is 105 cm³/mol. The first-order chi connectivity index (χ1) is 13.0. The number of aromatic nitrogens is 1. The van der Waals surface area contributed by atoms with Crippen LogP contribution >= 0.6 is 11.3 Å². The van der Waals surface area contributed by atoms with Gasteiger partial charge in [-0.3, -0.25) is 9.88 Å². The SMILES string of the molecule is Cc1ccc(C(C)(C)N2CCC(CCc3cccs3)([C@@H](O)C(F)(F)F)C2)cn1. The number of likely N-dealkylation sites (tertiary alicyclic amines) is 1. The third-order valence-corrected chi connectivity index (χ3v) is 7.07. The molecule has 0 bridgehead atoms. The molecule has 3 rings (SSSR count). The first-order valence-electron chi connectivity index (χ1n) is 9.50. The summed E-state index contributed by atoms with van der Waals surface area (Å²) in [6.07, 6.45) is -3.97. The predicted octanol–water partition coefficient (Wildman–Crippen LogP) is 4.93. The molecule has 2 aromatic rings. The van der Waals surface area contributed by atoms with Crippen LogP contribution in [0.15, 0.2) is 35.8 Å². The third kappa shape index (κ3) is 4.26. The molecule has 0 saturated carbocycles. The first kappa shape index (κ1) is 21.3. The average molecular weight is 413 g/mol. The molecule has 3 heterocycles. The summed E-state index contributed by atoms with van der Waals surface area (Å²) in [6, 6.07) is 7.74. The number of aryl methyl sites for hydroxylation is 2. The lowest BCUT2D eigenvalue weighted by Gasteiger charge is -2.40. The topological polar surface area (TPSA) is 36.4 Å². The number of aliphatic hydroxyl groups excluding tert-OH is 1. The van der Waals surface area contributed by atoms with Crippen molar-refractivity contribution < 1.29 is 18.3 Å². The highest BCUT2D eigenvalue weighted by Crippen LogP contribution is 2.47. The van der Waals surface area contributed by atoms with Gasteiger partial charge in [0.15, 0.2) is 6.10 Å². The molecule has 0 aliphatic carbocycles. The summed E-state index contributed by atoms with van der Waals surface area (Å²) in [5.41, 5.74) is 0.210. The second-order valence-electron chi connectivity index (χ2n) is 8.30. The average Bonchev–Trinajstić information content (AvgIpc) is 3.30. The zero-order valence-electron chi connectivity index (χ0n) is 16.5. The molecule has 1 aliphatic heterocycles. The fraction of sp³-hybridized carbons (Fsp3) is 0.571. The minimum absolute atomic E-state index is 0.208. The molecule has 0 aromatic carbocycles. The highest BCUT2D eigenvalue weighted by molar-refractivity contribution is 7.09. The van der Waals surface area contributed by atoms with E-state index in [1.165, 1.54) is 0 Å². The van der Waals surface area contributed by atoms with Crippen LogP contribution < -0.4 is 0 Å². The quantitative estimate of drug-likeness (QED) is 0.731. The molecular weight excluding hydrogens is 385 g/mol. The Bertz CT molecular complexity index is 774. The number of nitrogens with zero attached hydrogens (tertiary/aromatic N) is 2. The number of alkyl halides is 3. The van der Waals surface area contributed by atoms with Crippen molar-refractivity contribution in [2.75, 3.05) is 13.1 Å².